The Labute approximate surface area is 172 Å². The van der Waals surface area contributed by atoms with E-state index in [4.69, 9.17) is 9.47 Å². The fourth-order valence-electron chi connectivity index (χ4n) is 2.97. The lowest BCUT2D eigenvalue weighted by Gasteiger charge is -2.15. The Bertz CT molecular complexity index is 1100. The van der Waals surface area contributed by atoms with Crippen LogP contribution >= 0.6 is 11.8 Å². The molecule has 0 unspecified atom stereocenters. The van der Waals surface area contributed by atoms with Gasteiger partial charge in [-0.1, -0.05) is 11.8 Å². The van der Waals surface area contributed by atoms with Crippen molar-refractivity contribution in [2.24, 2.45) is 0 Å². The third-order valence-electron chi connectivity index (χ3n) is 4.32. The van der Waals surface area contributed by atoms with Crippen molar-refractivity contribution in [1.29, 1.82) is 0 Å². The van der Waals surface area contributed by atoms with Crippen molar-refractivity contribution >= 4 is 34.4 Å². The first-order valence-electron chi connectivity index (χ1n) is 9.10. The summed E-state index contributed by atoms with van der Waals surface area (Å²) in [5.41, 5.74) is 2.35. The molecule has 0 bridgehead atoms. The highest BCUT2D eigenvalue weighted by molar-refractivity contribution is 7.99. The molecule has 2 N–H and O–H groups in total. The molecular formula is C20H24N4O4S. The van der Waals surface area contributed by atoms with E-state index in [1.54, 1.807) is 29.9 Å². The van der Waals surface area contributed by atoms with Crippen molar-refractivity contribution in [2.75, 3.05) is 25.3 Å². The zero-order valence-corrected chi connectivity index (χ0v) is 17.8. The summed E-state index contributed by atoms with van der Waals surface area (Å²) in [7, 11) is 3.09. The molecule has 29 heavy (non-hydrogen) atoms. The number of nitrogens with one attached hydrogen (secondary N) is 2. The average Bonchev–Trinajstić information content (AvgIpc) is 3.07. The molecular weight excluding hydrogens is 392 g/mol. The molecule has 2 aromatic heterocycles. The summed E-state index contributed by atoms with van der Waals surface area (Å²) in [6.45, 7) is 5.71. The van der Waals surface area contributed by atoms with Gasteiger partial charge in [0.05, 0.1) is 31.2 Å². The highest BCUT2D eigenvalue weighted by Crippen LogP contribution is 2.29. The maximum absolute atomic E-state index is 12.8. The Morgan fingerprint density at radius 3 is 2.69 bits per heavy atom. The van der Waals surface area contributed by atoms with Gasteiger partial charge in [0.15, 0.2) is 5.16 Å². The summed E-state index contributed by atoms with van der Waals surface area (Å²) in [6, 6.07) is 6.90. The van der Waals surface area contributed by atoms with E-state index in [1.807, 2.05) is 26.8 Å². The molecule has 1 aromatic carbocycles. The highest BCUT2D eigenvalue weighted by Gasteiger charge is 2.17. The maximum atomic E-state index is 12.8. The van der Waals surface area contributed by atoms with Crippen LogP contribution in [0.15, 0.2) is 34.2 Å². The number of ether oxygens (including phenoxy) is 2. The van der Waals surface area contributed by atoms with Crippen molar-refractivity contribution < 1.29 is 14.3 Å². The van der Waals surface area contributed by atoms with Gasteiger partial charge in [0.2, 0.25) is 5.91 Å². The van der Waals surface area contributed by atoms with Crippen LogP contribution in [-0.4, -0.2) is 40.4 Å². The Kier molecular flexibility index (Phi) is 6.17. The van der Waals surface area contributed by atoms with E-state index in [0.717, 1.165) is 5.69 Å². The van der Waals surface area contributed by atoms with Crippen LogP contribution < -0.4 is 20.3 Å². The predicted molar refractivity (Wildman–Crippen MR) is 114 cm³/mol. The lowest BCUT2D eigenvalue weighted by atomic mass is 10.2. The number of rotatable bonds is 7. The van der Waals surface area contributed by atoms with Crippen molar-refractivity contribution in [3.8, 4) is 11.5 Å². The third-order valence-corrected chi connectivity index (χ3v) is 5.27. The lowest BCUT2D eigenvalue weighted by Crippen LogP contribution is -2.25. The minimum atomic E-state index is -0.228. The van der Waals surface area contributed by atoms with Gasteiger partial charge >= 0.3 is 0 Å². The minimum absolute atomic E-state index is 0.0877. The number of anilines is 1. The number of nitrogens with zero attached hydrogens (tertiary/aromatic N) is 2. The predicted octanol–water partition coefficient (Wildman–Crippen LogP) is 3.36. The number of amides is 1. The number of H-pyrrole nitrogens is 1. The Morgan fingerprint density at radius 1 is 1.28 bits per heavy atom. The highest BCUT2D eigenvalue weighted by atomic mass is 32.2. The van der Waals surface area contributed by atoms with Gasteiger partial charge in [0, 0.05) is 17.8 Å². The molecule has 0 aliphatic carbocycles. The van der Waals surface area contributed by atoms with E-state index in [9.17, 15) is 9.59 Å². The van der Waals surface area contributed by atoms with Gasteiger partial charge in [-0.15, -0.1) is 0 Å². The number of benzene rings is 1. The summed E-state index contributed by atoms with van der Waals surface area (Å²) in [5.74, 6) is 1.01. The molecule has 0 aliphatic heterocycles. The monoisotopic (exact) mass is 416 g/mol. The first-order valence-corrected chi connectivity index (χ1v) is 10.1. The van der Waals surface area contributed by atoms with Crippen LogP contribution in [0, 0.1) is 6.92 Å². The van der Waals surface area contributed by atoms with Gasteiger partial charge < -0.3 is 19.8 Å². The molecule has 0 saturated heterocycles. The van der Waals surface area contributed by atoms with E-state index in [1.165, 1.54) is 18.9 Å². The first-order chi connectivity index (χ1) is 13.8. The van der Waals surface area contributed by atoms with Gasteiger partial charge in [0.25, 0.3) is 5.56 Å². The van der Waals surface area contributed by atoms with Crippen molar-refractivity contribution in [2.45, 2.75) is 32.0 Å². The fraction of sp³-hybridized carbons (Fsp3) is 0.350. The Morgan fingerprint density at radius 2 is 2.03 bits per heavy atom. The smallest absolute Gasteiger partial charge is 0.278 e. The Balaban J connectivity index is 1.81. The summed E-state index contributed by atoms with van der Waals surface area (Å²) < 4.78 is 12.1. The molecule has 1 amide bonds. The second kappa shape index (κ2) is 8.60. The number of fused-ring (bicyclic) bond motifs is 1. The number of aromatic nitrogens is 3. The van der Waals surface area contributed by atoms with Crippen LogP contribution in [0.3, 0.4) is 0 Å². The lowest BCUT2D eigenvalue weighted by molar-refractivity contribution is -0.113. The number of thioether (sulfide) groups is 1. The number of aryl methyl sites for hydroxylation is 1. The van der Waals surface area contributed by atoms with Crippen LogP contribution in [0.2, 0.25) is 0 Å². The van der Waals surface area contributed by atoms with Crippen LogP contribution in [0.25, 0.3) is 11.0 Å². The standard InChI is InChI=1S/C20H24N4O4S/c1-11(2)24-19(26)18-15(8-12(3)21-18)23-20(24)29-10-17(25)22-14-7-6-13(27-4)9-16(14)28-5/h6-9,11,21H,10H2,1-5H3,(H,22,25). The molecule has 3 aromatic rings. The van der Waals surface area contributed by atoms with Gasteiger partial charge in [-0.2, -0.15) is 0 Å². The second-order valence-electron chi connectivity index (χ2n) is 6.78. The van der Waals surface area contributed by atoms with Crippen molar-refractivity contribution in [3.63, 3.8) is 0 Å². The molecule has 0 aliphatic rings. The van der Waals surface area contributed by atoms with Crippen molar-refractivity contribution in [3.05, 3.63) is 40.3 Å². The first kappa shape index (κ1) is 20.8. The zero-order valence-electron chi connectivity index (χ0n) is 17.0. The van der Waals surface area contributed by atoms with Gasteiger partial charge in [-0.3, -0.25) is 14.2 Å². The summed E-state index contributed by atoms with van der Waals surface area (Å²) in [5, 5.41) is 3.33. The normalized spacial score (nSPS) is 11.1. The number of aromatic amines is 1. The average molecular weight is 417 g/mol. The number of carbonyl (C=O) groups is 1. The third kappa shape index (κ3) is 4.40. The molecule has 2 heterocycles. The molecule has 0 saturated carbocycles. The zero-order chi connectivity index (χ0) is 21.1. The minimum Gasteiger partial charge on any atom is -0.497 e. The van der Waals surface area contributed by atoms with E-state index >= 15 is 0 Å². The molecule has 0 radical (unpaired) electrons. The van der Waals surface area contributed by atoms with Gasteiger partial charge in [0.1, 0.15) is 17.0 Å². The van der Waals surface area contributed by atoms with Crippen LogP contribution in [0.5, 0.6) is 11.5 Å². The summed E-state index contributed by atoms with van der Waals surface area (Å²) >= 11 is 1.22. The number of hydrogen-bond acceptors (Lipinski definition) is 6. The van der Waals surface area contributed by atoms with Crippen LogP contribution in [0.4, 0.5) is 5.69 Å². The van der Waals surface area contributed by atoms with E-state index in [0.29, 0.717) is 33.4 Å². The van der Waals surface area contributed by atoms with E-state index in [2.05, 4.69) is 15.3 Å². The number of methoxy groups -OCH3 is 2. The summed E-state index contributed by atoms with van der Waals surface area (Å²) in [4.78, 5) is 33.0. The van der Waals surface area contributed by atoms with Gasteiger partial charge in [-0.25, -0.2) is 4.98 Å². The van der Waals surface area contributed by atoms with Crippen LogP contribution in [0.1, 0.15) is 25.6 Å². The quantitative estimate of drug-likeness (QED) is 0.453. The van der Waals surface area contributed by atoms with Crippen LogP contribution in [-0.2, 0) is 4.79 Å². The Hall–Kier alpha value is -2.94. The van der Waals surface area contributed by atoms with E-state index < -0.39 is 0 Å². The molecule has 0 fully saturated rings. The SMILES string of the molecule is COc1ccc(NC(=O)CSc2nc3cc(C)[nH]c3c(=O)n2C(C)C)c(OC)c1. The summed E-state index contributed by atoms with van der Waals surface area (Å²) in [6.07, 6.45) is 0. The molecule has 0 spiro atoms. The number of hydrogen-bond donors (Lipinski definition) is 2. The fourth-order valence-corrected chi connectivity index (χ4v) is 3.89. The number of carbonyl (C=O) groups excluding carboxylic acids is 1. The molecule has 9 heteroatoms. The molecule has 0 atom stereocenters. The maximum Gasteiger partial charge on any atom is 0.278 e. The molecule has 8 nitrogen and oxygen atoms in total. The topological polar surface area (TPSA) is 98.2 Å². The second-order valence-corrected chi connectivity index (χ2v) is 7.72. The molecule has 3 rings (SSSR count). The van der Waals surface area contributed by atoms with Crippen molar-refractivity contribution in [1.82, 2.24) is 14.5 Å². The largest absolute Gasteiger partial charge is 0.497 e. The van der Waals surface area contributed by atoms with Gasteiger partial charge in [-0.05, 0) is 39.0 Å². The molecule has 154 valence electrons. The van der Waals surface area contributed by atoms with E-state index in [-0.39, 0.29) is 23.3 Å².